The van der Waals surface area contributed by atoms with Gasteiger partial charge in [0.05, 0.1) is 18.5 Å². The van der Waals surface area contributed by atoms with Crippen molar-refractivity contribution in [2.24, 2.45) is 23.5 Å². The van der Waals surface area contributed by atoms with Gasteiger partial charge in [0.1, 0.15) is 0 Å². The van der Waals surface area contributed by atoms with Crippen molar-refractivity contribution >= 4 is 12.0 Å². The van der Waals surface area contributed by atoms with Gasteiger partial charge in [-0.25, -0.2) is 9.78 Å². The third-order valence-electron chi connectivity index (χ3n) is 8.43. The number of nitrogens with zero attached hydrogens (tertiary/aromatic N) is 1. The summed E-state index contributed by atoms with van der Waals surface area (Å²) in [7, 11) is 0. The fourth-order valence-corrected chi connectivity index (χ4v) is 6.26. The molecule has 1 aromatic heterocycles. The van der Waals surface area contributed by atoms with E-state index >= 15 is 0 Å². The third-order valence-corrected chi connectivity index (χ3v) is 8.43. The molecule has 8 heteroatoms. The van der Waals surface area contributed by atoms with Crippen LogP contribution in [-0.4, -0.2) is 45.3 Å². The SMILES string of the molecule is C=CC(C[C@H](O)[C@H](CC(C)C)NC(=O)[C@@H](OC(N)=O)C(CC1c2ccccc2-c2ccccc21)c1cnc[nH]1)C(C)C. The number of primary amides is 1. The summed E-state index contributed by atoms with van der Waals surface area (Å²) >= 11 is 0. The smallest absolute Gasteiger partial charge is 0.405 e. The van der Waals surface area contributed by atoms with Crippen LogP contribution in [0, 0.1) is 17.8 Å². The molecule has 8 nitrogen and oxygen atoms in total. The second-order valence-corrected chi connectivity index (χ2v) is 12.1. The molecular weight excluding hydrogens is 528 g/mol. The van der Waals surface area contributed by atoms with Gasteiger partial charge >= 0.3 is 6.09 Å². The van der Waals surface area contributed by atoms with Crippen molar-refractivity contribution in [3.8, 4) is 11.1 Å². The summed E-state index contributed by atoms with van der Waals surface area (Å²) in [6.07, 6.45) is 3.43. The predicted molar refractivity (Wildman–Crippen MR) is 165 cm³/mol. The molecule has 2 unspecified atom stereocenters. The second kappa shape index (κ2) is 13.8. The number of ether oxygens (including phenoxy) is 1. The van der Waals surface area contributed by atoms with Crippen molar-refractivity contribution in [1.29, 1.82) is 0 Å². The van der Waals surface area contributed by atoms with E-state index in [1.165, 1.54) is 0 Å². The molecule has 0 spiro atoms. The van der Waals surface area contributed by atoms with Crippen molar-refractivity contribution in [2.75, 3.05) is 0 Å². The van der Waals surface area contributed by atoms with Crippen LogP contribution in [0.25, 0.3) is 11.1 Å². The number of hydrogen-bond donors (Lipinski definition) is 4. The molecule has 0 saturated heterocycles. The van der Waals surface area contributed by atoms with E-state index in [0.717, 1.165) is 22.3 Å². The number of allylic oxidation sites excluding steroid dienone is 1. The van der Waals surface area contributed by atoms with Gasteiger partial charge in [-0.1, -0.05) is 82.3 Å². The number of carbonyl (C=O) groups excluding carboxylic acids is 2. The van der Waals surface area contributed by atoms with Crippen molar-refractivity contribution in [3.63, 3.8) is 0 Å². The van der Waals surface area contributed by atoms with Crippen molar-refractivity contribution in [3.05, 3.63) is 90.5 Å². The summed E-state index contributed by atoms with van der Waals surface area (Å²) in [6, 6.07) is 15.9. The van der Waals surface area contributed by atoms with Crippen LogP contribution in [0.5, 0.6) is 0 Å². The number of hydrogen-bond acceptors (Lipinski definition) is 5. The summed E-state index contributed by atoms with van der Waals surface area (Å²) in [6.45, 7) is 12.2. The Morgan fingerprint density at radius 3 is 2.19 bits per heavy atom. The molecule has 5 atom stereocenters. The molecule has 3 aromatic rings. The summed E-state index contributed by atoms with van der Waals surface area (Å²) in [5.41, 5.74) is 10.8. The van der Waals surface area contributed by atoms with Gasteiger partial charge in [-0.3, -0.25) is 4.79 Å². The average Bonchev–Trinajstić information content (AvgIpc) is 3.59. The molecule has 1 aliphatic carbocycles. The highest BCUT2D eigenvalue weighted by molar-refractivity contribution is 5.85. The van der Waals surface area contributed by atoms with E-state index in [4.69, 9.17) is 10.5 Å². The fraction of sp³-hybridized carbons (Fsp3) is 0.441. The molecule has 1 heterocycles. The fourth-order valence-electron chi connectivity index (χ4n) is 6.26. The Kier molecular flexibility index (Phi) is 10.2. The van der Waals surface area contributed by atoms with Crippen LogP contribution in [0.2, 0.25) is 0 Å². The monoisotopic (exact) mass is 572 g/mol. The van der Waals surface area contributed by atoms with E-state index in [1.54, 1.807) is 12.5 Å². The molecule has 4 rings (SSSR count). The highest BCUT2D eigenvalue weighted by Gasteiger charge is 2.40. The molecular formula is C34H44N4O4. The Bertz CT molecular complexity index is 1310. The third kappa shape index (κ3) is 7.10. The van der Waals surface area contributed by atoms with Gasteiger partial charge in [-0.2, -0.15) is 0 Å². The van der Waals surface area contributed by atoms with E-state index in [1.807, 2.05) is 44.2 Å². The minimum atomic E-state index is -1.25. The number of nitrogens with one attached hydrogen (secondary N) is 2. The molecule has 1 aliphatic rings. The lowest BCUT2D eigenvalue weighted by Crippen LogP contribution is -2.51. The number of fused-ring (bicyclic) bond motifs is 3. The molecule has 0 bridgehead atoms. The molecule has 224 valence electrons. The van der Waals surface area contributed by atoms with Gasteiger partial charge in [-0.15, -0.1) is 6.58 Å². The number of rotatable bonds is 14. The van der Waals surface area contributed by atoms with E-state index in [9.17, 15) is 14.7 Å². The van der Waals surface area contributed by atoms with E-state index in [0.29, 0.717) is 30.9 Å². The van der Waals surface area contributed by atoms with Gasteiger partial charge in [0.15, 0.2) is 6.10 Å². The minimum absolute atomic E-state index is 0.0473. The molecule has 0 radical (unpaired) electrons. The highest BCUT2D eigenvalue weighted by atomic mass is 16.6. The Labute approximate surface area is 248 Å². The molecule has 5 N–H and O–H groups in total. The topological polar surface area (TPSA) is 130 Å². The van der Waals surface area contributed by atoms with Crippen LogP contribution in [0.4, 0.5) is 4.79 Å². The Morgan fingerprint density at radius 1 is 1.07 bits per heavy atom. The zero-order valence-electron chi connectivity index (χ0n) is 25.0. The number of nitrogens with two attached hydrogens (primary N) is 1. The van der Waals surface area contributed by atoms with Gasteiger partial charge in [0.25, 0.3) is 5.91 Å². The Morgan fingerprint density at radius 2 is 1.69 bits per heavy atom. The first-order valence-corrected chi connectivity index (χ1v) is 14.8. The number of imidazole rings is 1. The summed E-state index contributed by atoms with van der Waals surface area (Å²) < 4.78 is 5.59. The average molecular weight is 573 g/mol. The van der Waals surface area contributed by atoms with E-state index in [-0.39, 0.29) is 17.8 Å². The zero-order chi connectivity index (χ0) is 30.4. The first kappa shape index (κ1) is 31.0. The number of carbonyl (C=O) groups is 2. The Balaban J connectivity index is 1.67. The van der Waals surface area contributed by atoms with Gasteiger partial charge in [-0.05, 0) is 59.3 Å². The molecule has 2 aromatic carbocycles. The largest absolute Gasteiger partial charge is 0.436 e. The number of amides is 2. The van der Waals surface area contributed by atoms with Crippen LogP contribution >= 0.6 is 0 Å². The van der Waals surface area contributed by atoms with Crippen LogP contribution in [0.15, 0.2) is 73.7 Å². The van der Waals surface area contributed by atoms with Crippen LogP contribution in [0.3, 0.4) is 0 Å². The van der Waals surface area contributed by atoms with E-state index < -0.39 is 36.2 Å². The minimum Gasteiger partial charge on any atom is -0.436 e. The van der Waals surface area contributed by atoms with Crippen LogP contribution < -0.4 is 11.1 Å². The molecule has 0 aliphatic heterocycles. The van der Waals surface area contributed by atoms with Gasteiger partial charge in [0, 0.05) is 23.7 Å². The Hall–Kier alpha value is -3.91. The molecule has 0 saturated carbocycles. The van der Waals surface area contributed by atoms with E-state index in [2.05, 4.69) is 60.0 Å². The number of aliphatic hydroxyl groups is 1. The number of H-pyrrole nitrogens is 1. The predicted octanol–water partition coefficient (Wildman–Crippen LogP) is 5.90. The highest BCUT2D eigenvalue weighted by Crippen LogP contribution is 2.49. The van der Waals surface area contributed by atoms with Gasteiger partial charge in [0.2, 0.25) is 0 Å². The lowest BCUT2D eigenvalue weighted by molar-refractivity contribution is -0.132. The summed E-state index contributed by atoms with van der Waals surface area (Å²) in [4.78, 5) is 33.6. The number of aromatic nitrogens is 2. The normalized spacial score (nSPS) is 16.3. The number of aromatic amines is 1. The standard InChI is InChI=1S/C34H44N4O4/c1-6-22(21(4)5)16-31(39)29(15-20(2)3)38-33(40)32(42-34(35)41)28(30-18-36-19-37-30)17-27-25-13-9-7-11-23(25)24-12-8-10-14-26(24)27/h6-14,18-22,27-29,31-32,39H,1,15-17H2,2-5H3,(H2,35,41)(H,36,37)(H,38,40)/t22?,28?,29-,31-,32-/m0/s1. The maximum absolute atomic E-state index is 14.1. The summed E-state index contributed by atoms with van der Waals surface area (Å²) in [5, 5.41) is 14.3. The van der Waals surface area contributed by atoms with Crippen molar-refractivity contribution < 1.29 is 19.4 Å². The van der Waals surface area contributed by atoms with Crippen molar-refractivity contribution in [1.82, 2.24) is 15.3 Å². The first-order valence-electron chi connectivity index (χ1n) is 14.8. The van der Waals surface area contributed by atoms with Crippen LogP contribution in [0.1, 0.15) is 75.6 Å². The second-order valence-electron chi connectivity index (χ2n) is 12.1. The lowest BCUT2D eigenvalue weighted by Gasteiger charge is -2.32. The maximum atomic E-state index is 14.1. The number of benzene rings is 2. The lowest BCUT2D eigenvalue weighted by atomic mass is 9.82. The molecule has 0 fully saturated rings. The maximum Gasteiger partial charge on any atom is 0.405 e. The summed E-state index contributed by atoms with van der Waals surface area (Å²) in [5.74, 6) is -0.551. The van der Waals surface area contributed by atoms with Gasteiger partial charge < -0.3 is 25.9 Å². The molecule has 2 amide bonds. The first-order chi connectivity index (χ1) is 20.1. The van der Waals surface area contributed by atoms with Crippen LogP contribution in [-0.2, 0) is 9.53 Å². The quantitative estimate of drug-likeness (QED) is 0.179. The molecule has 42 heavy (non-hydrogen) atoms. The number of aliphatic hydroxyl groups excluding tert-OH is 1. The zero-order valence-corrected chi connectivity index (χ0v) is 25.0. The van der Waals surface area contributed by atoms with Crippen molar-refractivity contribution in [2.45, 2.75) is 77.0 Å².